The molecule has 1 aromatic heterocycles. The summed E-state index contributed by atoms with van der Waals surface area (Å²) in [5.74, 6) is 2.03. The number of hydrogen-bond donors (Lipinski definition) is 1. The van der Waals surface area contributed by atoms with Crippen LogP contribution in [0.4, 0.5) is 10.6 Å². The van der Waals surface area contributed by atoms with Crippen molar-refractivity contribution in [3.05, 3.63) is 54.2 Å². The molecule has 0 unspecified atom stereocenters. The molecule has 2 heterocycles. The first-order valence-electron chi connectivity index (χ1n) is 11.7. The van der Waals surface area contributed by atoms with Crippen LogP contribution in [-0.4, -0.2) is 59.5 Å². The van der Waals surface area contributed by atoms with Crippen LogP contribution < -0.4 is 10.1 Å². The lowest BCUT2D eigenvalue weighted by Gasteiger charge is -2.34. The maximum absolute atomic E-state index is 13.0. The zero-order valence-electron chi connectivity index (χ0n) is 18.5. The number of nitrogens with zero attached hydrogens (tertiary/aromatic N) is 3. The molecule has 0 bridgehead atoms. The molecular weight excluding hydrogens is 404 g/mol. The molecule has 2 aromatic rings. The number of ether oxygens (including phenoxy) is 1. The lowest BCUT2D eigenvalue weighted by atomic mass is 9.87. The van der Waals surface area contributed by atoms with E-state index in [1.54, 1.807) is 28.1 Å². The van der Waals surface area contributed by atoms with E-state index >= 15 is 0 Å². The first-order valence-corrected chi connectivity index (χ1v) is 11.7. The molecule has 32 heavy (non-hydrogen) atoms. The third-order valence-electron chi connectivity index (χ3n) is 6.35. The fourth-order valence-corrected chi connectivity index (χ4v) is 4.46. The highest BCUT2D eigenvalue weighted by molar-refractivity contribution is 5.95. The minimum Gasteiger partial charge on any atom is -0.494 e. The van der Waals surface area contributed by atoms with Gasteiger partial charge in [0.05, 0.1) is 6.61 Å². The first kappa shape index (κ1) is 22.1. The molecule has 1 aliphatic heterocycles. The summed E-state index contributed by atoms with van der Waals surface area (Å²) in [5, 5.41) is 2.79. The smallest absolute Gasteiger partial charge is 0.323 e. The summed E-state index contributed by atoms with van der Waals surface area (Å²) in [7, 11) is 0. The molecule has 0 atom stereocenters. The van der Waals surface area contributed by atoms with Gasteiger partial charge in [0.15, 0.2) is 0 Å². The fraction of sp³-hybridized carbons (Fsp3) is 0.480. The van der Waals surface area contributed by atoms with Crippen molar-refractivity contribution in [1.82, 2.24) is 14.8 Å². The van der Waals surface area contributed by atoms with E-state index in [0.29, 0.717) is 44.2 Å². The Kier molecular flexibility index (Phi) is 7.59. The molecule has 1 aromatic carbocycles. The molecule has 1 saturated carbocycles. The molecule has 1 aliphatic carbocycles. The van der Waals surface area contributed by atoms with Crippen molar-refractivity contribution < 1.29 is 14.3 Å². The van der Waals surface area contributed by atoms with Crippen LogP contribution in [0.15, 0.2) is 48.7 Å². The minimum absolute atomic E-state index is 0.0208. The van der Waals surface area contributed by atoms with Gasteiger partial charge in [0.25, 0.3) is 5.91 Å². The van der Waals surface area contributed by atoms with Gasteiger partial charge in [-0.2, -0.15) is 0 Å². The van der Waals surface area contributed by atoms with Gasteiger partial charge in [-0.1, -0.05) is 44.2 Å². The van der Waals surface area contributed by atoms with E-state index in [1.807, 2.05) is 30.3 Å². The van der Waals surface area contributed by atoms with Crippen LogP contribution in [0.3, 0.4) is 0 Å². The number of pyridine rings is 1. The number of carbonyl (C=O) groups excluding carboxylic acids is 2. The maximum Gasteiger partial charge on any atom is 0.323 e. The van der Waals surface area contributed by atoms with Crippen LogP contribution in [0.5, 0.6) is 5.75 Å². The minimum atomic E-state index is -0.191. The van der Waals surface area contributed by atoms with Crippen LogP contribution >= 0.6 is 0 Å². The summed E-state index contributed by atoms with van der Waals surface area (Å²) in [4.78, 5) is 33.0. The average molecular weight is 437 g/mol. The summed E-state index contributed by atoms with van der Waals surface area (Å²) in [6, 6.07) is 12.6. The first-order chi connectivity index (χ1) is 15.7. The van der Waals surface area contributed by atoms with Crippen LogP contribution in [0.2, 0.25) is 0 Å². The Morgan fingerprint density at radius 1 is 0.969 bits per heavy atom. The predicted molar refractivity (Wildman–Crippen MR) is 124 cm³/mol. The number of nitrogens with one attached hydrogen (secondary N) is 1. The van der Waals surface area contributed by atoms with Crippen LogP contribution in [0.1, 0.15) is 48.9 Å². The van der Waals surface area contributed by atoms with E-state index in [1.165, 1.54) is 32.1 Å². The number of urea groups is 1. The van der Waals surface area contributed by atoms with E-state index in [4.69, 9.17) is 4.74 Å². The van der Waals surface area contributed by atoms with Gasteiger partial charge in [0.2, 0.25) is 0 Å². The molecule has 1 N–H and O–H groups in total. The second kappa shape index (κ2) is 11.0. The summed E-state index contributed by atoms with van der Waals surface area (Å²) < 4.78 is 5.95. The van der Waals surface area contributed by atoms with Crippen LogP contribution in [-0.2, 0) is 0 Å². The predicted octanol–water partition coefficient (Wildman–Crippen LogP) is 4.42. The number of benzene rings is 1. The third kappa shape index (κ3) is 5.99. The highest BCUT2D eigenvalue weighted by Crippen LogP contribution is 2.26. The molecule has 7 nitrogen and oxygen atoms in total. The number of piperazine rings is 1. The fourth-order valence-electron chi connectivity index (χ4n) is 4.46. The second-order valence-corrected chi connectivity index (χ2v) is 8.59. The largest absolute Gasteiger partial charge is 0.494 e. The van der Waals surface area contributed by atoms with Gasteiger partial charge in [0.1, 0.15) is 11.6 Å². The molecule has 3 amide bonds. The molecule has 2 aliphatic rings. The molecule has 0 spiro atoms. The van der Waals surface area contributed by atoms with Gasteiger partial charge in [-0.15, -0.1) is 0 Å². The van der Waals surface area contributed by atoms with Gasteiger partial charge in [-0.25, -0.2) is 9.78 Å². The van der Waals surface area contributed by atoms with Gasteiger partial charge >= 0.3 is 6.03 Å². The standard InChI is InChI=1S/C25H32N4O3/c30-24(21-9-6-10-22(19-21)32-18-12-20-7-2-1-3-8-20)28-14-16-29(17-15-28)25(31)27-23-11-4-5-13-26-23/h4-6,9-11,13,19-20H,1-3,7-8,12,14-18H2,(H,26,27,31). The Bertz CT molecular complexity index is 891. The van der Waals surface area contributed by atoms with E-state index in [0.717, 1.165) is 18.1 Å². The van der Waals surface area contributed by atoms with E-state index in [9.17, 15) is 9.59 Å². The number of carbonyl (C=O) groups is 2. The van der Waals surface area contributed by atoms with E-state index < -0.39 is 0 Å². The zero-order chi connectivity index (χ0) is 22.2. The number of aromatic nitrogens is 1. The van der Waals surface area contributed by atoms with Crippen molar-refractivity contribution in [3.63, 3.8) is 0 Å². The second-order valence-electron chi connectivity index (χ2n) is 8.59. The van der Waals surface area contributed by atoms with Crippen molar-refractivity contribution in [1.29, 1.82) is 0 Å². The Morgan fingerprint density at radius 2 is 1.75 bits per heavy atom. The summed E-state index contributed by atoms with van der Waals surface area (Å²) >= 11 is 0. The molecule has 7 heteroatoms. The number of anilines is 1. The normalized spacial score (nSPS) is 17.1. The SMILES string of the molecule is O=C(Nc1ccccn1)N1CCN(C(=O)c2cccc(OCCC3CCCCC3)c2)CC1. The van der Waals surface area contributed by atoms with E-state index in [-0.39, 0.29) is 11.9 Å². The van der Waals surface area contributed by atoms with Gasteiger partial charge in [-0.05, 0) is 42.7 Å². The maximum atomic E-state index is 13.0. The Labute approximate surface area is 189 Å². The van der Waals surface area contributed by atoms with Crippen LogP contribution in [0, 0.1) is 5.92 Å². The quantitative estimate of drug-likeness (QED) is 0.727. The number of amides is 3. The Balaban J connectivity index is 1.24. The van der Waals surface area contributed by atoms with E-state index in [2.05, 4.69) is 10.3 Å². The highest BCUT2D eigenvalue weighted by Gasteiger charge is 2.25. The molecule has 1 saturated heterocycles. The summed E-state index contributed by atoms with van der Waals surface area (Å²) in [6.07, 6.45) is 9.40. The number of rotatable bonds is 6. The van der Waals surface area contributed by atoms with Gasteiger partial charge < -0.3 is 14.5 Å². The molecule has 2 fully saturated rings. The van der Waals surface area contributed by atoms with Crippen molar-refractivity contribution in [2.45, 2.75) is 38.5 Å². The average Bonchev–Trinajstić information content (AvgIpc) is 2.85. The molecule has 4 rings (SSSR count). The molecule has 0 radical (unpaired) electrons. The Hall–Kier alpha value is -3.09. The highest BCUT2D eigenvalue weighted by atomic mass is 16.5. The van der Waals surface area contributed by atoms with Gasteiger partial charge in [-0.3, -0.25) is 10.1 Å². The van der Waals surface area contributed by atoms with Crippen molar-refractivity contribution in [2.75, 3.05) is 38.1 Å². The van der Waals surface area contributed by atoms with Gasteiger partial charge in [0, 0.05) is 37.9 Å². The topological polar surface area (TPSA) is 74.8 Å². The lowest BCUT2D eigenvalue weighted by molar-refractivity contribution is 0.0671. The van der Waals surface area contributed by atoms with Crippen LogP contribution in [0.25, 0.3) is 0 Å². The number of hydrogen-bond acceptors (Lipinski definition) is 4. The lowest BCUT2D eigenvalue weighted by Crippen LogP contribution is -2.51. The molecule has 170 valence electrons. The molecular formula is C25H32N4O3. The monoisotopic (exact) mass is 436 g/mol. The van der Waals surface area contributed by atoms with Crippen molar-refractivity contribution >= 4 is 17.8 Å². The third-order valence-corrected chi connectivity index (χ3v) is 6.35. The Morgan fingerprint density at radius 3 is 2.50 bits per heavy atom. The summed E-state index contributed by atoms with van der Waals surface area (Å²) in [5.41, 5.74) is 0.631. The van der Waals surface area contributed by atoms with Crippen molar-refractivity contribution in [3.8, 4) is 5.75 Å². The zero-order valence-corrected chi connectivity index (χ0v) is 18.5. The van der Waals surface area contributed by atoms with Crippen molar-refractivity contribution in [2.24, 2.45) is 5.92 Å². The summed E-state index contributed by atoms with van der Waals surface area (Å²) in [6.45, 7) is 2.68.